The summed E-state index contributed by atoms with van der Waals surface area (Å²) in [6.07, 6.45) is 3.16. The van der Waals surface area contributed by atoms with Crippen LogP contribution >= 0.6 is 0 Å². The molecule has 0 N–H and O–H groups in total. The van der Waals surface area contributed by atoms with E-state index in [4.69, 9.17) is 0 Å². The molecule has 0 saturated carbocycles. The molecule has 0 unspecified atom stereocenters. The van der Waals surface area contributed by atoms with Gasteiger partial charge in [0.25, 0.3) is 0 Å². The fourth-order valence-electron chi connectivity index (χ4n) is 1.31. The molecule has 12 heavy (non-hydrogen) atoms. The Balaban J connectivity index is 2.93. The van der Waals surface area contributed by atoms with Gasteiger partial charge < -0.3 is 0 Å². The zero-order valence-corrected chi connectivity index (χ0v) is 7.63. The van der Waals surface area contributed by atoms with Gasteiger partial charge in [-0.25, -0.2) is 0 Å². The molecular formula is C11H14O. The van der Waals surface area contributed by atoms with Gasteiger partial charge in [-0.2, -0.15) is 0 Å². The largest absolute Gasteiger partial charge is 0.298 e. The van der Waals surface area contributed by atoms with Crippen molar-refractivity contribution < 1.29 is 4.79 Å². The van der Waals surface area contributed by atoms with Crippen molar-refractivity contribution in [1.29, 1.82) is 0 Å². The number of rotatable bonds is 3. The predicted octanol–water partition coefficient (Wildman–Crippen LogP) is 2.76. The minimum absolute atomic E-state index is 0.801. The molecule has 0 heterocycles. The molecule has 0 amide bonds. The molecule has 1 aromatic carbocycles. The van der Waals surface area contributed by atoms with Gasteiger partial charge in [-0.3, -0.25) is 4.79 Å². The normalized spacial score (nSPS) is 9.83. The third-order valence-corrected chi connectivity index (χ3v) is 2.00. The fraction of sp³-hybridized carbons (Fsp3) is 0.364. The van der Waals surface area contributed by atoms with Crippen LogP contribution in [0.25, 0.3) is 0 Å². The summed E-state index contributed by atoms with van der Waals surface area (Å²) in [7, 11) is 0. The Morgan fingerprint density at radius 2 is 2.17 bits per heavy atom. The van der Waals surface area contributed by atoms with E-state index >= 15 is 0 Å². The molecule has 1 aromatic rings. The Kier molecular flexibility index (Phi) is 3.03. The van der Waals surface area contributed by atoms with Crippen LogP contribution in [0.5, 0.6) is 0 Å². The maximum Gasteiger partial charge on any atom is 0.150 e. The molecule has 0 aliphatic rings. The summed E-state index contributed by atoms with van der Waals surface area (Å²) in [6, 6.07) is 6.01. The number of aldehydes is 1. The maximum atomic E-state index is 10.5. The van der Waals surface area contributed by atoms with Gasteiger partial charge in [-0.1, -0.05) is 31.5 Å². The number of aryl methyl sites for hydroxylation is 2. The van der Waals surface area contributed by atoms with Crippen LogP contribution in [0.3, 0.4) is 0 Å². The Bertz CT molecular complexity index is 276. The van der Waals surface area contributed by atoms with Crippen LogP contribution in [0.2, 0.25) is 0 Å². The highest BCUT2D eigenvalue weighted by molar-refractivity contribution is 5.77. The average molecular weight is 162 g/mol. The highest BCUT2D eigenvalue weighted by atomic mass is 16.1. The van der Waals surface area contributed by atoms with Crippen molar-refractivity contribution in [2.24, 2.45) is 0 Å². The van der Waals surface area contributed by atoms with E-state index in [0.717, 1.165) is 30.3 Å². The van der Waals surface area contributed by atoms with Crippen molar-refractivity contribution in [2.45, 2.75) is 26.7 Å². The van der Waals surface area contributed by atoms with Crippen molar-refractivity contribution >= 4 is 6.29 Å². The summed E-state index contributed by atoms with van der Waals surface area (Å²) in [6.45, 7) is 4.13. The number of carbonyl (C=O) groups is 1. The first-order valence-electron chi connectivity index (χ1n) is 4.32. The number of hydrogen-bond donors (Lipinski definition) is 0. The van der Waals surface area contributed by atoms with E-state index in [9.17, 15) is 4.79 Å². The molecule has 0 saturated heterocycles. The lowest BCUT2D eigenvalue weighted by Crippen LogP contribution is -1.89. The second kappa shape index (κ2) is 4.05. The van der Waals surface area contributed by atoms with E-state index in [1.54, 1.807) is 0 Å². The Morgan fingerprint density at radius 3 is 2.67 bits per heavy atom. The summed E-state index contributed by atoms with van der Waals surface area (Å²) in [4.78, 5) is 10.5. The summed E-state index contributed by atoms with van der Waals surface area (Å²) in [5, 5.41) is 0. The fourth-order valence-corrected chi connectivity index (χ4v) is 1.31. The first-order chi connectivity index (χ1) is 5.77. The Labute approximate surface area is 73.4 Å². The Hall–Kier alpha value is -1.11. The minimum Gasteiger partial charge on any atom is -0.298 e. The zero-order valence-electron chi connectivity index (χ0n) is 7.63. The molecule has 0 spiro atoms. The van der Waals surface area contributed by atoms with Gasteiger partial charge in [0.05, 0.1) is 0 Å². The van der Waals surface area contributed by atoms with Crippen LogP contribution in [-0.4, -0.2) is 6.29 Å². The first-order valence-corrected chi connectivity index (χ1v) is 4.32. The maximum absolute atomic E-state index is 10.5. The molecule has 0 radical (unpaired) electrons. The van der Waals surface area contributed by atoms with Gasteiger partial charge in [0, 0.05) is 5.56 Å². The molecule has 0 bridgehead atoms. The van der Waals surface area contributed by atoms with E-state index in [1.807, 2.05) is 19.1 Å². The SMILES string of the molecule is CCCc1ccc(C=O)c(C)c1. The molecule has 1 nitrogen and oxygen atoms in total. The molecule has 0 atom stereocenters. The second-order valence-electron chi connectivity index (χ2n) is 3.06. The van der Waals surface area contributed by atoms with E-state index in [-0.39, 0.29) is 0 Å². The van der Waals surface area contributed by atoms with Crippen molar-refractivity contribution in [2.75, 3.05) is 0 Å². The van der Waals surface area contributed by atoms with Gasteiger partial charge in [0.15, 0.2) is 0 Å². The van der Waals surface area contributed by atoms with Crippen molar-refractivity contribution in [3.63, 3.8) is 0 Å². The van der Waals surface area contributed by atoms with Crippen LogP contribution < -0.4 is 0 Å². The van der Waals surface area contributed by atoms with Gasteiger partial charge in [-0.15, -0.1) is 0 Å². The minimum atomic E-state index is 0.801. The van der Waals surface area contributed by atoms with Crippen LogP contribution in [-0.2, 0) is 6.42 Å². The van der Waals surface area contributed by atoms with Crippen LogP contribution in [0.4, 0.5) is 0 Å². The van der Waals surface area contributed by atoms with Crippen LogP contribution in [0.15, 0.2) is 18.2 Å². The van der Waals surface area contributed by atoms with E-state index in [0.29, 0.717) is 0 Å². The second-order valence-corrected chi connectivity index (χ2v) is 3.06. The lowest BCUT2D eigenvalue weighted by molar-refractivity contribution is 0.112. The molecule has 0 aliphatic heterocycles. The monoisotopic (exact) mass is 162 g/mol. The Morgan fingerprint density at radius 1 is 1.42 bits per heavy atom. The van der Waals surface area contributed by atoms with Crippen molar-refractivity contribution in [1.82, 2.24) is 0 Å². The first kappa shape index (κ1) is 8.98. The summed E-state index contributed by atoms with van der Waals surface area (Å²) < 4.78 is 0. The number of hydrogen-bond acceptors (Lipinski definition) is 1. The van der Waals surface area contributed by atoms with E-state index in [1.165, 1.54) is 5.56 Å². The third-order valence-electron chi connectivity index (χ3n) is 2.00. The van der Waals surface area contributed by atoms with Crippen LogP contribution in [0, 0.1) is 6.92 Å². The molecule has 0 aliphatic carbocycles. The van der Waals surface area contributed by atoms with Crippen molar-refractivity contribution in [3.8, 4) is 0 Å². The summed E-state index contributed by atoms with van der Waals surface area (Å²) in [5.41, 5.74) is 3.20. The van der Waals surface area contributed by atoms with E-state index < -0.39 is 0 Å². The highest BCUT2D eigenvalue weighted by Gasteiger charge is 1.97. The van der Waals surface area contributed by atoms with Crippen molar-refractivity contribution in [3.05, 3.63) is 34.9 Å². The lowest BCUT2D eigenvalue weighted by Gasteiger charge is -2.02. The third kappa shape index (κ3) is 1.94. The topological polar surface area (TPSA) is 17.1 Å². The average Bonchev–Trinajstić information content (AvgIpc) is 2.05. The van der Waals surface area contributed by atoms with E-state index in [2.05, 4.69) is 13.0 Å². The standard InChI is InChI=1S/C11H14O/c1-3-4-10-5-6-11(8-12)9(2)7-10/h5-8H,3-4H2,1-2H3. The number of carbonyl (C=O) groups excluding carboxylic acids is 1. The summed E-state index contributed by atoms with van der Waals surface area (Å²) >= 11 is 0. The number of benzene rings is 1. The summed E-state index contributed by atoms with van der Waals surface area (Å²) in [5.74, 6) is 0. The van der Waals surface area contributed by atoms with Gasteiger partial charge in [-0.05, 0) is 24.5 Å². The molecule has 64 valence electrons. The molecular weight excluding hydrogens is 148 g/mol. The molecule has 0 fully saturated rings. The van der Waals surface area contributed by atoms with Gasteiger partial charge >= 0.3 is 0 Å². The van der Waals surface area contributed by atoms with Crippen LogP contribution in [0.1, 0.15) is 34.8 Å². The smallest absolute Gasteiger partial charge is 0.150 e. The molecule has 1 rings (SSSR count). The zero-order chi connectivity index (χ0) is 8.97. The molecule has 0 aromatic heterocycles. The predicted molar refractivity (Wildman–Crippen MR) is 50.6 cm³/mol. The van der Waals surface area contributed by atoms with Gasteiger partial charge in [0.1, 0.15) is 6.29 Å². The van der Waals surface area contributed by atoms with Gasteiger partial charge in [0.2, 0.25) is 0 Å². The lowest BCUT2D eigenvalue weighted by atomic mass is 10.0. The highest BCUT2D eigenvalue weighted by Crippen LogP contribution is 2.10. The quantitative estimate of drug-likeness (QED) is 0.624. The molecule has 1 heteroatoms.